The van der Waals surface area contributed by atoms with Crippen molar-refractivity contribution in [3.05, 3.63) is 35.0 Å². The summed E-state index contributed by atoms with van der Waals surface area (Å²) in [5.74, 6) is 0.328. The molecule has 0 aliphatic heterocycles. The second-order valence-corrected chi connectivity index (χ2v) is 9.77. The third-order valence-corrected chi connectivity index (χ3v) is 6.49. The first-order valence-corrected chi connectivity index (χ1v) is 12.1. The number of carbonyl (C=O) groups is 3. The average Bonchev–Trinajstić information content (AvgIpc) is 3.23. The summed E-state index contributed by atoms with van der Waals surface area (Å²) in [6.45, 7) is 7.20. The normalized spacial score (nSPS) is 18.1. The van der Waals surface area contributed by atoms with Gasteiger partial charge in [-0.15, -0.1) is 11.3 Å². The molecule has 1 aliphatic rings. The van der Waals surface area contributed by atoms with Crippen molar-refractivity contribution in [1.29, 1.82) is 0 Å². The summed E-state index contributed by atoms with van der Waals surface area (Å²) in [5, 5.41) is 6.62. The molecule has 2 amide bonds. The molecule has 8 nitrogen and oxygen atoms in total. The van der Waals surface area contributed by atoms with Gasteiger partial charge in [-0.1, -0.05) is 6.07 Å². The molecule has 1 saturated carbocycles. The highest BCUT2D eigenvalue weighted by Crippen LogP contribution is 2.38. The van der Waals surface area contributed by atoms with Crippen LogP contribution in [0.3, 0.4) is 0 Å². The van der Waals surface area contributed by atoms with Gasteiger partial charge in [-0.05, 0) is 65.5 Å². The van der Waals surface area contributed by atoms with Crippen molar-refractivity contribution in [2.75, 3.05) is 5.32 Å². The number of aromatic nitrogens is 1. The molecule has 0 bridgehead atoms. The average molecular weight is 474 g/mol. The van der Waals surface area contributed by atoms with Crippen LogP contribution in [0.5, 0.6) is 0 Å². The number of benzene rings is 1. The van der Waals surface area contributed by atoms with E-state index in [1.807, 2.05) is 19.9 Å². The molecule has 9 heteroatoms. The molecule has 1 fully saturated rings. The number of ether oxygens (including phenoxy) is 2. The molecule has 0 spiro atoms. The minimum absolute atomic E-state index is 0.121. The minimum atomic E-state index is -0.558. The van der Waals surface area contributed by atoms with E-state index >= 15 is 0 Å². The lowest BCUT2D eigenvalue weighted by Crippen LogP contribution is -2.38. The highest BCUT2D eigenvalue weighted by atomic mass is 32.1. The van der Waals surface area contributed by atoms with Crippen LogP contribution in [0, 0.1) is 0 Å². The largest absolute Gasteiger partial charge is 0.447 e. The minimum Gasteiger partial charge on any atom is -0.447 e. The fourth-order valence-electron chi connectivity index (χ4n) is 3.82. The Labute approximate surface area is 198 Å². The van der Waals surface area contributed by atoms with Crippen molar-refractivity contribution in [1.82, 2.24) is 10.3 Å². The number of rotatable bonds is 7. The molecule has 0 radical (unpaired) electrons. The second-order valence-electron chi connectivity index (χ2n) is 8.71. The molecule has 0 saturated heterocycles. The monoisotopic (exact) mass is 473 g/mol. The van der Waals surface area contributed by atoms with Crippen molar-refractivity contribution in [3.8, 4) is 10.4 Å². The van der Waals surface area contributed by atoms with Crippen molar-refractivity contribution in [2.45, 2.75) is 77.5 Å². The van der Waals surface area contributed by atoms with Crippen LogP contribution in [0.1, 0.15) is 74.7 Å². The first-order chi connectivity index (χ1) is 15.7. The van der Waals surface area contributed by atoms with Gasteiger partial charge in [0, 0.05) is 35.0 Å². The highest BCUT2D eigenvalue weighted by Gasteiger charge is 2.26. The fourth-order valence-corrected chi connectivity index (χ4v) is 4.96. The smallest absolute Gasteiger partial charge is 0.411 e. The molecule has 178 valence electrons. The predicted octanol–water partition coefficient (Wildman–Crippen LogP) is 5.74. The van der Waals surface area contributed by atoms with Crippen LogP contribution in [0.4, 0.5) is 15.3 Å². The number of amides is 2. The van der Waals surface area contributed by atoms with E-state index in [0.29, 0.717) is 17.2 Å². The van der Waals surface area contributed by atoms with E-state index in [0.717, 1.165) is 47.4 Å². The van der Waals surface area contributed by atoms with Crippen molar-refractivity contribution >= 4 is 35.5 Å². The van der Waals surface area contributed by atoms with Gasteiger partial charge in [0.15, 0.2) is 6.29 Å². The summed E-state index contributed by atoms with van der Waals surface area (Å²) in [6.07, 6.45) is 4.91. The molecule has 1 heterocycles. The zero-order valence-corrected chi connectivity index (χ0v) is 20.2. The van der Waals surface area contributed by atoms with Gasteiger partial charge in [-0.3, -0.25) is 10.1 Å². The summed E-state index contributed by atoms with van der Waals surface area (Å²) in [5.41, 5.74) is 1.76. The lowest BCUT2D eigenvalue weighted by Gasteiger charge is -2.28. The molecule has 1 aromatic heterocycles. The maximum absolute atomic E-state index is 11.8. The van der Waals surface area contributed by atoms with E-state index in [4.69, 9.17) is 9.47 Å². The number of nitrogens with zero attached hydrogens (tertiary/aromatic N) is 1. The number of thiazole rings is 1. The molecule has 2 aromatic rings. The Balaban J connectivity index is 1.62. The lowest BCUT2D eigenvalue weighted by molar-refractivity contribution is 0.109. The zero-order valence-electron chi connectivity index (χ0n) is 19.4. The summed E-state index contributed by atoms with van der Waals surface area (Å²) in [6, 6.07) is 5.32. The molecular formula is C24H31N3O5S. The van der Waals surface area contributed by atoms with E-state index in [-0.39, 0.29) is 24.3 Å². The quantitative estimate of drug-likeness (QED) is 0.497. The van der Waals surface area contributed by atoms with Crippen LogP contribution in [-0.4, -0.2) is 41.7 Å². The molecule has 0 unspecified atom stereocenters. The number of hydrogen-bond acceptors (Lipinski definition) is 7. The van der Waals surface area contributed by atoms with Crippen LogP contribution < -0.4 is 10.6 Å². The van der Waals surface area contributed by atoms with E-state index in [9.17, 15) is 14.4 Å². The molecule has 0 atom stereocenters. The molecule has 1 aromatic carbocycles. The summed E-state index contributed by atoms with van der Waals surface area (Å²) >= 11 is 1.58. The fraction of sp³-hybridized carbons (Fsp3) is 0.500. The highest BCUT2D eigenvalue weighted by molar-refractivity contribution is 7.15. The Morgan fingerprint density at radius 2 is 1.73 bits per heavy atom. The Morgan fingerprint density at radius 3 is 2.36 bits per heavy atom. The molecule has 2 N–H and O–H groups in total. The number of anilines is 1. The first-order valence-electron chi connectivity index (χ1n) is 11.2. The number of aldehydes is 1. The number of nitrogens with one attached hydrogen (secondary N) is 2. The van der Waals surface area contributed by atoms with Crippen molar-refractivity contribution in [3.63, 3.8) is 0 Å². The van der Waals surface area contributed by atoms with Gasteiger partial charge >= 0.3 is 12.2 Å². The van der Waals surface area contributed by atoms with Gasteiger partial charge in [0.2, 0.25) is 0 Å². The number of carbonyl (C=O) groups excluding carboxylic acids is 3. The second kappa shape index (κ2) is 11.3. The molecule has 33 heavy (non-hydrogen) atoms. The third kappa shape index (κ3) is 7.02. The Hall–Kier alpha value is -2.94. The Bertz CT molecular complexity index is 980. The van der Waals surface area contributed by atoms with Gasteiger partial charge in [-0.25, -0.2) is 14.6 Å². The zero-order chi connectivity index (χ0) is 24.0. The van der Waals surface area contributed by atoms with Gasteiger partial charge in [0.25, 0.3) is 0 Å². The van der Waals surface area contributed by atoms with E-state index in [1.165, 1.54) is 0 Å². The van der Waals surface area contributed by atoms with Crippen LogP contribution >= 0.6 is 11.3 Å². The van der Waals surface area contributed by atoms with E-state index in [2.05, 4.69) is 15.6 Å². The maximum Gasteiger partial charge on any atom is 0.411 e. The maximum atomic E-state index is 11.8. The van der Waals surface area contributed by atoms with E-state index < -0.39 is 6.09 Å². The summed E-state index contributed by atoms with van der Waals surface area (Å²) in [4.78, 5) is 40.9. The molecule has 3 rings (SSSR count). The first kappa shape index (κ1) is 24.7. The van der Waals surface area contributed by atoms with Crippen LogP contribution in [-0.2, 0) is 9.47 Å². The lowest BCUT2D eigenvalue weighted by atomic mass is 9.86. The van der Waals surface area contributed by atoms with E-state index in [1.54, 1.807) is 43.5 Å². The molecular weight excluding hydrogens is 442 g/mol. The number of hydrogen-bond donors (Lipinski definition) is 2. The predicted molar refractivity (Wildman–Crippen MR) is 128 cm³/mol. The van der Waals surface area contributed by atoms with Crippen molar-refractivity contribution in [2.24, 2.45) is 0 Å². The van der Waals surface area contributed by atoms with Crippen LogP contribution in [0.2, 0.25) is 0 Å². The number of alkyl carbamates (subject to hydrolysis) is 1. The topological polar surface area (TPSA) is 107 Å². The van der Waals surface area contributed by atoms with Crippen LogP contribution in [0.15, 0.2) is 24.4 Å². The summed E-state index contributed by atoms with van der Waals surface area (Å²) < 4.78 is 10.2. The standard InChI is InChI=1S/C24H31N3O5S/c1-14(2)31-23(29)26-18-7-5-16(6-8-18)22-25-12-21(33-22)20-10-9-19(11-17(20)13-28)27-24(30)32-15(3)4/h9-16,18H,5-8H2,1-4H3,(H,26,29)(H,27,30). The third-order valence-electron chi connectivity index (χ3n) is 5.30. The summed E-state index contributed by atoms with van der Waals surface area (Å²) in [7, 11) is 0. The Morgan fingerprint density at radius 1 is 1.06 bits per heavy atom. The van der Waals surface area contributed by atoms with Crippen molar-refractivity contribution < 1.29 is 23.9 Å². The van der Waals surface area contributed by atoms with Gasteiger partial charge in [0.1, 0.15) is 0 Å². The van der Waals surface area contributed by atoms with Gasteiger partial charge < -0.3 is 14.8 Å². The molecule has 1 aliphatic carbocycles. The Kier molecular flexibility index (Phi) is 8.43. The van der Waals surface area contributed by atoms with Gasteiger partial charge in [-0.2, -0.15) is 0 Å². The van der Waals surface area contributed by atoms with Gasteiger partial charge in [0.05, 0.1) is 22.1 Å². The SMILES string of the molecule is CC(C)OC(=O)Nc1ccc(-c2cnc(C3CCC(NC(=O)OC(C)C)CC3)s2)c(C=O)c1. The van der Waals surface area contributed by atoms with Crippen LogP contribution in [0.25, 0.3) is 10.4 Å².